The second-order valence-electron chi connectivity index (χ2n) is 3.08. The van der Waals surface area contributed by atoms with Gasteiger partial charge in [-0.1, -0.05) is 27.7 Å². The van der Waals surface area contributed by atoms with Crippen LogP contribution in [0.1, 0.15) is 10.6 Å². The number of benzene rings is 1. The molecule has 2 aromatic rings. The van der Waals surface area contributed by atoms with E-state index in [2.05, 4.69) is 20.9 Å². The van der Waals surface area contributed by atoms with Gasteiger partial charge >= 0.3 is 5.97 Å². The average molecular weight is 315 g/mol. The van der Waals surface area contributed by atoms with Gasteiger partial charge in [0.25, 0.3) is 0 Å². The van der Waals surface area contributed by atoms with Crippen LogP contribution in [-0.4, -0.2) is 16.1 Å². The SMILES string of the molecule is Nc1cc(Br)ccc1Sc1ncoc1C(=O)O. The summed E-state index contributed by atoms with van der Waals surface area (Å²) in [4.78, 5) is 15.4. The number of anilines is 1. The molecular weight excluding hydrogens is 308 g/mol. The molecule has 3 N–H and O–H groups in total. The number of halogens is 1. The van der Waals surface area contributed by atoms with E-state index in [4.69, 9.17) is 15.3 Å². The highest BCUT2D eigenvalue weighted by atomic mass is 79.9. The predicted octanol–water partition coefficient (Wildman–Crippen LogP) is 2.87. The van der Waals surface area contributed by atoms with Crippen molar-refractivity contribution in [1.82, 2.24) is 4.98 Å². The normalized spacial score (nSPS) is 10.4. The number of nitrogens with zero attached hydrogens (tertiary/aromatic N) is 1. The van der Waals surface area contributed by atoms with E-state index < -0.39 is 5.97 Å². The minimum absolute atomic E-state index is 0.183. The highest BCUT2D eigenvalue weighted by Gasteiger charge is 2.17. The standard InChI is InChI=1S/C10H7BrN2O3S/c11-5-1-2-7(6(12)3-5)17-9-8(10(14)15)16-4-13-9/h1-4H,12H2,(H,14,15). The zero-order chi connectivity index (χ0) is 12.4. The van der Waals surface area contributed by atoms with Crippen molar-refractivity contribution >= 4 is 39.3 Å². The number of nitrogens with two attached hydrogens (primary N) is 1. The van der Waals surface area contributed by atoms with Gasteiger partial charge < -0.3 is 15.3 Å². The number of hydrogen-bond acceptors (Lipinski definition) is 5. The van der Waals surface area contributed by atoms with E-state index in [1.165, 1.54) is 0 Å². The number of nitrogen functional groups attached to an aromatic ring is 1. The van der Waals surface area contributed by atoms with E-state index in [0.29, 0.717) is 5.69 Å². The van der Waals surface area contributed by atoms with Crippen LogP contribution in [0.3, 0.4) is 0 Å². The first kappa shape index (κ1) is 12.0. The molecule has 17 heavy (non-hydrogen) atoms. The average Bonchev–Trinajstić information content (AvgIpc) is 2.70. The highest BCUT2D eigenvalue weighted by molar-refractivity contribution is 9.10. The molecule has 1 aromatic carbocycles. The Balaban J connectivity index is 2.31. The van der Waals surface area contributed by atoms with E-state index >= 15 is 0 Å². The number of carbonyl (C=O) groups is 1. The largest absolute Gasteiger partial charge is 0.475 e. The van der Waals surface area contributed by atoms with Crippen molar-refractivity contribution < 1.29 is 14.3 Å². The van der Waals surface area contributed by atoms with Gasteiger partial charge in [0.15, 0.2) is 11.4 Å². The number of carboxylic acids is 1. The molecule has 0 fully saturated rings. The van der Waals surface area contributed by atoms with Crippen molar-refractivity contribution in [2.75, 3.05) is 5.73 Å². The first-order valence-electron chi connectivity index (χ1n) is 4.47. The summed E-state index contributed by atoms with van der Waals surface area (Å²) in [6.45, 7) is 0. The van der Waals surface area contributed by atoms with Crippen LogP contribution >= 0.6 is 27.7 Å². The van der Waals surface area contributed by atoms with Crippen LogP contribution in [0.4, 0.5) is 5.69 Å². The fraction of sp³-hybridized carbons (Fsp3) is 0. The van der Waals surface area contributed by atoms with E-state index in [-0.39, 0.29) is 10.8 Å². The van der Waals surface area contributed by atoms with E-state index in [1.54, 1.807) is 12.1 Å². The number of carboxylic acid groups (broad SMARTS) is 1. The smallest absolute Gasteiger partial charge is 0.374 e. The zero-order valence-corrected chi connectivity index (χ0v) is 10.8. The van der Waals surface area contributed by atoms with Crippen LogP contribution < -0.4 is 5.73 Å². The van der Waals surface area contributed by atoms with Crippen LogP contribution in [0.15, 0.2) is 43.4 Å². The van der Waals surface area contributed by atoms with Gasteiger partial charge in [-0.05, 0) is 18.2 Å². The zero-order valence-electron chi connectivity index (χ0n) is 8.38. The lowest BCUT2D eigenvalue weighted by Gasteiger charge is -2.03. The molecule has 88 valence electrons. The quantitative estimate of drug-likeness (QED) is 0.847. The fourth-order valence-electron chi connectivity index (χ4n) is 1.17. The Hall–Kier alpha value is -1.47. The maximum Gasteiger partial charge on any atom is 0.374 e. The third-order valence-corrected chi connectivity index (χ3v) is 3.48. The molecular formula is C10H7BrN2O3S. The van der Waals surface area contributed by atoms with Gasteiger partial charge in [-0.25, -0.2) is 9.78 Å². The van der Waals surface area contributed by atoms with Crippen LogP contribution in [0.5, 0.6) is 0 Å². The van der Waals surface area contributed by atoms with Crippen molar-refractivity contribution in [1.29, 1.82) is 0 Å². The minimum Gasteiger partial charge on any atom is -0.475 e. The predicted molar refractivity (Wildman–Crippen MR) is 66.1 cm³/mol. The summed E-state index contributed by atoms with van der Waals surface area (Å²) in [5.74, 6) is -1.34. The summed E-state index contributed by atoms with van der Waals surface area (Å²) in [5.41, 5.74) is 6.35. The maximum atomic E-state index is 10.8. The maximum absolute atomic E-state index is 10.8. The number of aromatic nitrogens is 1. The van der Waals surface area contributed by atoms with Gasteiger partial charge in [-0.3, -0.25) is 0 Å². The highest BCUT2D eigenvalue weighted by Crippen LogP contribution is 2.34. The van der Waals surface area contributed by atoms with Crippen molar-refractivity contribution in [3.63, 3.8) is 0 Å². The van der Waals surface area contributed by atoms with E-state index in [0.717, 1.165) is 27.5 Å². The number of aromatic carboxylic acids is 1. The Kier molecular flexibility index (Phi) is 3.39. The summed E-state index contributed by atoms with van der Waals surface area (Å²) in [6.07, 6.45) is 1.10. The summed E-state index contributed by atoms with van der Waals surface area (Å²) in [7, 11) is 0. The van der Waals surface area contributed by atoms with Gasteiger partial charge in [0.2, 0.25) is 5.76 Å². The molecule has 5 nitrogen and oxygen atoms in total. The van der Waals surface area contributed by atoms with Crippen molar-refractivity contribution in [3.05, 3.63) is 34.8 Å². The van der Waals surface area contributed by atoms with Crippen LogP contribution in [0.25, 0.3) is 0 Å². The molecule has 0 radical (unpaired) electrons. The lowest BCUT2D eigenvalue weighted by Crippen LogP contribution is -1.96. The molecule has 1 aromatic heterocycles. The first-order chi connectivity index (χ1) is 8.08. The Labute approximate surface area is 109 Å². The van der Waals surface area contributed by atoms with Crippen molar-refractivity contribution in [2.24, 2.45) is 0 Å². The molecule has 7 heteroatoms. The van der Waals surface area contributed by atoms with Gasteiger partial charge in [0, 0.05) is 15.1 Å². The Morgan fingerprint density at radius 3 is 2.94 bits per heavy atom. The lowest BCUT2D eigenvalue weighted by atomic mass is 10.3. The summed E-state index contributed by atoms with van der Waals surface area (Å²) >= 11 is 4.45. The third kappa shape index (κ3) is 2.62. The summed E-state index contributed by atoms with van der Waals surface area (Å²) in [6, 6.07) is 5.34. The van der Waals surface area contributed by atoms with Crippen molar-refractivity contribution in [2.45, 2.75) is 9.92 Å². The third-order valence-electron chi connectivity index (χ3n) is 1.91. The molecule has 1 heterocycles. The molecule has 2 rings (SSSR count). The Morgan fingerprint density at radius 1 is 1.53 bits per heavy atom. The number of oxazole rings is 1. The molecule has 0 amide bonds. The minimum atomic E-state index is -1.15. The molecule has 0 atom stereocenters. The Morgan fingerprint density at radius 2 is 2.29 bits per heavy atom. The van der Waals surface area contributed by atoms with Gasteiger partial charge in [-0.15, -0.1) is 0 Å². The molecule has 0 spiro atoms. The molecule has 0 bridgehead atoms. The second kappa shape index (κ2) is 4.80. The topological polar surface area (TPSA) is 89.4 Å². The first-order valence-corrected chi connectivity index (χ1v) is 6.08. The van der Waals surface area contributed by atoms with E-state index in [9.17, 15) is 4.79 Å². The van der Waals surface area contributed by atoms with Crippen LogP contribution in [0, 0.1) is 0 Å². The van der Waals surface area contributed by atoms with Gasteiger partial charge in [0.1, 0.15) is 0 Å². The number of rotatable bonds is 3. The van der Waals surface area contributed by atoms with Gasteiger partial charge in [0.05, 0.1) is 0 Å². The number of hydrogen-bond donors (Lipinski definition) is 2. The summed E-state index contributed by atoms with van der Waals surface area (Å²) < 4.78 is 5.64. The van der Waals surface area contributed by atoms with Crippen molar-refractivity contribution in [3.8, 4) is 0 Å². The van der Waals surface area contributed by atoms with E-state index in [1.807, 2.05) is 6.07 Å². The molecule has 0 aliphatic rings. The second-order valence-corrected chi connectivity index (χ2v) is 5.02. The van der Waals surface area contributed by atoms with Crippen LogP contribution in [-0.2, 0) is 0 Å². The molecule has 0 saturated heterocycles. The molecule has 0 aliphatic carbocycles. The molecule has 0 unspecified atom stereocenters. The monoisotopic (exact) mass is 314 g/mol. The molecule has 0 saturated carbocycles. The fourth-order valence-corrected chi connectivity index (χ4v) is 2.39. The van der Waals surface area contributed by atoms with Gasteiger partial charge in [-0.2, -0.15) is 0 Å². The van der Waals surface area contributed by atoms with Crippen LogP contribution in [0.2, 0.25) is 0 Å². The molecule has 0 aliphatic heterocycles. The Bertz CT molecular complexity index is 570. The summed E-state index contributed by atoms with van der Waals surface area (Å²) in [5, 5.41) is 9.14. The lowest BCUT2D eigenvalue weighted by molar-refractivity contribution is 0.0657.